The van der Waals surface area contributed by atoms with Crippen LogP contribution < -0.4 is 5.32 Å². The maximum absolute atomic E-state index is 4.46. The molecule has 0 aliphatic rings. The summed E-state index contributed by atoms with van der Waals surface area (Å²) in [4.78, 5) is 0. The lowest BCUT2D eigenvalue weighted by Crippen LogP contribution is -2.28. The van der Waals surface area contributed by atoms with Gasteiger partial charge >= 0.3 is 0 Å². The standard InChI is InChI=1S/C15H29N3/c1-5-9-16-15(13(7-3)8-4)14-11-17-18(12-14)10-6-2/h11-13,15-16H,5-10H2,1-4H3. The van der Waals surface area contributed by atoms with Crippen molar-refractivity contribution in [1.82, 2.24) is 15.1 Å². The van der Waals surface area contributed by atoms with Crippen LogP contribution in [0.4, 0.5) is 0 Å². The van der Waals surface area contributed by atoms with Crippen molar-refractivity contribution in [3.8, 4) is 0 Å². The topological polar surface area (TPSA) is 29.9 Å². The van der Waals surface area contributed by atoms with Crippen molar-refractivity contribution in [2.45, 2.75) is 66.0 Å². The molecule has 0 aromatic carbocycles. The van der Waals surface area contributed by atoms with Crippen LogP contribution >= 0.6 is 0 Å². The maximum Gasteiger partial charge on any atom is 0.0537 e. The molecule has 0 spiro atoms. The lowest BCUT2D eigenvalue weighted by atomic mass is 9.90. The van der Waals surface area contributed by atoms with Crippen molar-refractivity contribution < 1.29 is 0 Å². The van der Waals surface area contributed by atoms with Crippen LogP contribution in [0.2, 0.25) is 0 Å². The van der Waals surface area contributed by atoms with Gasteiger partial charge in [-0.1, -0.05) is 40.5 Å². The van der Waals surface area contributed by atoms with Crippen LogP contribution in [-0.2, 0) is 6.54 Å². The van der Waals surface area contributed by atoms with Gasteiger partial charge in [0.25, 0.3) is 0 Å². The highest BCUT2D eigenvalue weighted by Gasteiger charge is 2.20. The lowest BCUT2D eigenvalue weighted by Gasteiger charge is -2.25. The number of aryl methyl sites for hydroxylation is 1. The second-order valence-corrected chi connectivity index (χ2v) is 5.05. The third-order valence-corrected chi connectivity index (χ3v) is 3.60. The Morgan fingerprint density at radius 1 is 1.17 bits per heavy atom. The van der Waals surface area contributed by atoms with Crippen molar-refractivity contribution in [3.05, 3.63) is 18.0 Å². The van der Waals surface area contributed by atoms with Crippen LogP contribution in [0.25, 0.3) is 0 Å². The molecule has 1 N–H and O–H groups in total. The van der Waals surface area contributed by atoms with E-state index in [1.807, 2.05) is 6.20 Å². The summed E-state index contributed by atoms with van der Waals surface area (Å²) in [5, 5.41) is 8.15. The van der Waals surface area contributed by atoms with Gasteiger partial charge in [-0.2, -0.15) is 5.10 Å². The zero-order chi connectivity index (χ0) is 13.4. The fourth-order valence-corrected chi connectivity index (χ4v) is 2.51. The van der Waals surface area contributed by atoms with Crippen LogP contribution in [-0.4, -0.2) is 16.3 Å². The normalized spacial score (nSPS) is 13.2. The Kier molecular flexibility index (Phi) is 7.02. The SMILES string of the molecule is CCCNC(c1cnn(CCC)c1)C(CC)CC. The van der Waals surface area contributed by atoms with Crippen LogP contribution in [0, 0.1) is 5.92 Å². The first-order chi connectivity index (χ1) is 8.76. The molecule has 0 aliphatic heterocycles. The molecule has 0 saturated heterocycles. The summed E-state index contributed by atoms with van der Waals surface area (Å²) in [6.07, 6.45) is 9.02. The van der Waals surface area contributed by atoms with E-state index in [1.54, 1.807) is 0 Å². The van der Waals surface area contributed by atoms with Gasteiger partial charge in [-0.3, -0.25) is 4.68 Å². The maximum atomic E-state index is 4.46. The van der Waals surface area contributed by atoms with Crippen molar-refractivity contribution in [3.63, 3.8) is 0 Å². The minimum absolute atomic E-state index is 0.463. The van der Waals surface area contributed by atoms with Gasteiger partial charge in [-0.25, -0.2) is 0 Å². The fraction of sp³-hybridized carbons (Fsp3) is 0.800. The summed E-state index contributed by atoms with van der Waals surface area (Å²) in [6, 6.07) is 0.463. The molecule has 1 unspecified atom stereocenters. The van der Waals surface area contributed by atoms with Gasteiger partial charge in [-0.15, -0.1) is 0 Å². The molecule has 0 amide bonds. The minimum Gasteiger partial charge on any atom is -0.310 e. The molecule has 1 rings (SSSR count). The summed E-state index contributed by atoms with van der Waals surface area (Å²) >= 11 is 0. The third-order valence-electron chi connectivity index (χ3n) is 3.60. The monoisotopic (exact) mass is 251 g/mol. The Morgan fingerprint density at radius 3 is 2.44 bits per heavy atom. The molecular formula is C15H29N3. The molecule has 1 heterocycles. The Morgan fingerprint density at radius 2 is 1.89 bits per heavy atom. The zero-order valence-corrected chi connectivity index (χ0v) is 12.4. The van der Waals surface area contributed by atoms with Crippen molar-refractivity contribution in [2.24, 2.45) is 5.92 Å². The number of hydrogen-bond donors (Lipinski definition) is 1. The minimum atomic E-state index is 0.463. The molecule has 0 saturated carbocycles. The molecule has 3 nitrogen and oxygen atoms in total. The largest absolute Gasteiger partial charge is 0.310 e. The first-order valence-electron chi connectivity index (χ1n) is 7.52. The van der Waals surface area contributed by atoms with E-state index in [0.717, 1.165) is 19.5 Å². The third kappa shape index (κ3) is 4.13. The molecule has 0 fully saturated rings. The number of rotatable bonds is 9. The van der Waals surface area contributed by atoms with E-state index in [2.05, 4.69) is 49.0 Å². The number of nitrogens with zero attached hydrogens (tertiary/aromatic N) is 2. The van der Waals surface area contributed by atoms with Crippen LogP contribution in [0.15, 0.2) is 12.4 Å². The first kappa shape index (κ1) is 15.2. The van der Waals surface area contributed by atoms with E-state index >= 15 is 0 Å². The Labute approximate surface area is 112 Å². The second kappa shape index (κ2) is 8.30. The summed E-state index contributed by atoms with van der Waals surface area (Å²) in [5.74, 6) is 0.704. The highest BCUT2D eigenvalue weighted by molar-refractivity contribution is 5.11. The number of nitrogens with one attached hydrogen (secondary N) is 1. The van der Waals surface area contributed by atoms with Gasteiger partial charge in [0.2, 0.25) is 0 Å². The van der Waals surface area contributed by atoms with Gasteiger partial charge in [-0.05, 0) is 25.3 Å². The van der Waals surface area contributed by atoms with Crippen LogP contribution in [0.3, 0.4) is 0 Å². The smallest absolute Gasteiger partial charge is 0.0537 e. The molecule has 0 radical (unpaired) electrons. The molecule has 3 heteroatoms. The average Bonchev–Trinajstić information content (AvgIpc) is 2.83. The molecule has 1 aromatic heterocycles. The molecule has 1 atom stereocenters. The summed E-state index contributed by atoms with van der Waals surface area (Å²) in [5.41, 5.74) is 1.35. The van der Waals surface area contributed by atoms with Crippen molar-refractivity contribution in [1.29, 1.82) is 0 Å². The average molecular weight is 251 g/mol. The molecule has 0 bridgehead atoms. The fourth-order valence-electron chi connectivity index (χ4n) is 2.51. The van der Waals surface area contributed by atoms with E-state index in [-0.39, 0.29) is 0 Å². The van der Waals surface area contributed by atoms with Gasteiger partial charge < -0.3 is 5.32 Å². The highest BCUT2D eigenvalue weighted by Crippen LogP contribution is 2.27. The summed E-state index contributed by atoms with van der Waals surface area (Å²) in [6.45, 7) is 11.1. The summed E-state index contributed by atoms with van der Waals surface area (Å²) < 4.78 is 2.07. The van der Waals surface area contributed by atoms with E-state index in [1.165, 1.54) is 24.8 Å². The molecule has 18 heavy (non-hydrogen) atoms. The second-order valence-electron chi connectivity index (χ2n) is 5.05. The van der Waals surface area contributed by atoms with Gasteiger partial charge in [0.05, 0.1) is 6.20 Å². The predicted octanol–water partition coefficient (Wildman–Crippen LogP) is 3.77. The predicted molar refractivity (Wildman–Crippen MR) is 77.6 cm³/mol. The molecular weight excluding hydrogens is 222 g/mol. The van der Waals surface area contributed by atoms with E-state index < -0.39 is 0 Å². The molecule has 104 valence electrons. The molecule has 1 aromatic rings. The van der Waals surface area contributed by atoms with E-state index in [4.69, 9.17) is 0 Å². The molecule has 0 aliphatic carbocycles. The van der Waals surface area contributed by atoms with E-state index in [0.29, 0.717) is 12.0 Å². The van der Waals surface area contributed by atoms with Crippen LogP contribution in [0.1, 0.15) is 65.0 Å². The van der Waals surface area contributed by atoms with Crippen molar-refractivity contribution in [2.75, 3.05) is 6.54 Å². The zero-order valence-electron chi connectivity index (χ0n) is 12.4. The van der Waals surface area contributed by atoms with Gasteiger partial charge in [0.15, 0.2) is 0 Å². The lowest BCUT2D eigenvalue weighted by molar-refractivity contribution is 0.341. The number of aromatic nitrogens is 2. The Balaban J connectivity index is 2.78. The number of hydrogen-bond acceptors (Lipinski definition) is 2. The quantitative estimate of drug-likeness (QED) is 0.724. The van der Waals surface area contributed by atoms with E-state index in [9.17, 15) is 0 Å². The summed E-state index contributed by atoms with van der Waals surface area (Å²) in [7, 11) is 0. The Bertz CT molecular complexity index is 315. The Hall–Kier alpha value is -0.830. The van der Waals surface area contributed by atoms with Crippen LogP contribution in [0.5, 0.6) is 0 Å². The van der Waals surface area contributed by atoms with Gasteiger partial charge in [0.1, 0.15) is 0 Å². The van der Waals surface area contributed by atoms with Crippen molar-refractivity contribution >= 4 is 0 Å². The highest BCUT2D eigenvalue weighted by atomic mass is 15.3. The first-order valence-corrected chi connectivity index (χ1v) is 7.52. The van der Waals surface area contributed by atoms with Gasteiger partial charge in [0, 0.05) is 24.3 Å².